The highest BCUT2D eigenvalue weighted by Crippen LogP contribution is 2.12. The molecule has 0 unspecified atom stereocenters. The molecule has 0 atom stereocenters. The van der Waals surface area contributed by atoms with Crippen molar-refractivity contribution in [3.8, 4) is 0 Å². The summed E-state index contributed by atoms with van der Waals surface area (Å²) in [6.45, 7) is 3.76. The van der Waals surface area contributed by atoms with Crippen molar-refractivity contribution in [3.05, 3.63) is 16.1 Å². The Morgan fingerprint density at radius 1 is 1.67 bits per heavy atom. The fourth-order valence-corrected chi connectivity index (χ4v) is 1.72. The van der Waals surface area contributed by atoms with E-state index in [0.29, 0.717) is 6.54 Å². The van der Waals surface area contributed by atoms with Crippen LogP contribution in [0.2, 0.25) is 0 Å². The van der Waals surface area contributed by atoms with E-state index in [-0.39, 0.29) is 6.61 Å². The third kappa shape index (κ3) is 2.89. The second-order valence-electron chi connectivity index (χ2n) is 2.47. The van der Waals surface area contributed by atoms with Crippen LogP contribution in [0.5, 0.6) is 0 Å². The summed E-state index contributed by atoms with van der Waals surface area (Å²) in [5.74, 6) is 0. The molecule has 1 rings (SSSR count). The zero-order valence-corrected chi connectivity index (χ0v) is 8.02. The monoisotopic (exact) mass is 186 g/mol. The third-order valence-electron chi connectivity index (χ3n) is 1.49. The largest absolute Gasteiger partial charge is 0.395 e. The SMILES string of the molecule is CCc1ncc(CNCCO)s1. The molecule has 0 aliphatic carbocycles. The normalized spacial score (nSPS) is 10.5. The summed E-state index contributed by atoms with van der Waals surface area (Å²) in [7, 11) is 0. The van der Waals surface area contributed by atoms with Crippen molar-refractivity contribution in [1.82, 2.24) is 10.3 Å². The molecule has 1 aromatic rings. The Morgan fingerprint density at radius 2 is 2.50 bits per heavy atom. The fourth-order valence-electron chi connectivity index (χ4n) is 0.884. The van der Waals surface area contributed by atoms with Crippen molar-refractivity contribution in [1.29, 1.82) is 0 Å². The summed E-state index contributed by atoms with van der Waals surface area (Å²) in [5, 5.41) is 12.8. The molecule has 1 aromatic heterocycles. The van der Waals surface area contributed by atoms with Gasteiger partial charge in [-0.15, -0.1) is 11.3 Å². The van der Waals surface area contributed by atoms with Gasteiger partial charge in [-0.05, 0) is 6.42 Å². The summed E-state index contributed by atoms with van der Waals surface area (Å²) >= 11 is 1.73. The zero-order valence-electron chi connectivity index (χ0n) is 7.21. The Kier molecular flexibility index (Phi) is 4.21. The van der Waals surface area contributed by atoms with Crippen LogP contribution in [0.1, 0.15) is 16.8 Å². The van der Waals surface area contributed by atoms with Crippen LogP contribution in [0.4, 0.5) is 0 Å². The number of nitrogens with one attached hydrogen (secondary N) is 1. The molecule has 0 saturated carbocycles. The molecule has 0 bridgehead atoms. The smallest absolute Gasteiger partial charge is 0.0925 e. The van der Waals surface area contributed by atoms with E-state index in [0.717, 1.165) is 13.0 Å². The Hall–Kier alpha value is -0.450. The van der Waals surface area contributed by atoms with Crippen molar-refractivity contribution in [2.24, 2.45) is 0 Å². The lowest BCUT2D eigenvalue weighted by atomic mass is 10.5. The van der Waals surface area contributed by atoms with Gasteiger partial charge in [-0.2, -0.15) is 0 Å². The Morgan fingerprint density at radius 3 is 3.08 bits per heavy atom. The highest BCUT2D eigenvalue weighted by molar-refractivity contribution is 7.11. The van der Waals surface area contributed by atoms with Crippen LogP contribution >= 0.6 is 11.3 Å². The van der Waals surface area contributed by atoms with Crippen LogP contribution in [0, 0.1) is 0 Å². The van der Waals surface area contributed by atoms with Gasteiger partial charge >= 0.3 is 0 Å². The van der Waals surface area contributed by atoms with Gasteiger partial charge in [-0.3, -0.25) is 0 Å². The number of hydrogen-bond acceptors (Lipinski definition) is 4. The number of hydrogen-bond donors (Lipinski definition) is 2. The minimum absolute atomic E-state index is 0.194. The maximum absolute atomic E-state index is 8.52. The molecule has 2 N–H and O–H groups in total. The highest BCUT2D eigenvalue weighted by atomic mass is 32.1. The number of aliphatic hydroxyl groups excluding tert-OH is 1. The van der Waals surface area contributed by atoms with E-state index in [1.807, 2.05) is 6.20 Å². The van der Waals surface area contributed by atoms with Crippen LogP contribution in [-0.2, 0) is 13.0 Å². The standard InChI is InChI=1S/C8H14N2OS/c1-2-8-10-6-7(12-8)5-9-3-4-11/h6,9,11H,2-5H2,1H3. The molecule has 4 heteroatoms. The predicted molar refractivity (Wildman–Crippen MR) is 50.3 cm³/mol. The molecule has 0 amide bonds. The van der Waals surface area contributed by atoms with Crippen molar-refractivity contribution >= 4 is 11.3 Å². The van der Waals surface area contributed by atoms with Crippen molar-refractivity contribution < 1.29 is 5.11 Å². The van der Waals surface area contributed by atoms with Gasteiger partial charge < -0.3 is 10.4 Å². The number of aryl methyl sites for hydroxylation is 1. The maximum Gasteiger partial charge on any atom is 0.0925 e. The first-order chi connectivity index (χ1) is 5.86. The van der Waals surface area contributed by atoms with E-state index in [2.05, 4.69) is 17.2 Å². The topological polar surface area (TPSA) is 45.2 Å². The summed E-state index contributed by atoms with van der Waals surface area (Å²) < 4.78 is 0. The molecule has 0 aliphatic rings. The van der Waals surface area contributed by atoms with Gasteiger partial charge in [0.2, 0.25) is 0 Å². The lowest BCUT2D eigenvalue weighted by Gasteiger charge is -1.97. The van der Waals surface area contributed by atoms with E-state index in [1.54, 1.807) is 11.3 Å². The fraction of sp³-hybridized carbons (Fsp3) is 0.625. The molecule has 0 radical (unpaired) electrons. The van der Waals surface area contributed by atoms with Gasteiger partial charge in [0, 0.05) is 24.2 Å². The Balaban J connectivity index is 2.31. The van der Waals surface area contributed by atoms with Crippen LogP contribution in [0.15, 0.2) is 6.20 Å². The average molecular weight is 186 g/mol. The lowest BCUT2D eigenvalue weighted by Crippen LogP contribution is -2.16. The van der Waals surface area contributed by atoms with E-state index in [9.17, 15) is 0 Å². The Bertz CT molecular complexity index is 225. The van der Waals surface area contributed by atoms with Gasteiger partial charge in [-0.25, -0.2) is 4.98 Å². The average Bonchev–Trinajstić information content (AvgIpc) is 2.53. The molecule has 0 aliphatic heterocycles. The summed E-state index contributed by atoms with van der Waals surface area (Å²) in [4.78, 5) is 5.47. The van der Waals surface area contributed by atoms with E-state index >= 15 is 0 Å². The molecule has 0 aromatic carbocycles. The summed E-state index contributed by atoms with van der Waals surface area (Å²) in [5.41, 5.74) is 0. The first-order valence-corrected chi connectivity index (χ1v) is 4.93. The molecule has 0 saturated heterocycles. The number of nitrogens with zero attached hydrogens (tertiary/aromatic N) is 1. The van der Waals surface area contributed by atoms with Gasteiger partial charge in [0.1, 0.15) is 0 Å². The summed E-state index contributed by atoms with van der Waals surface area (Å²) in [6, 6.07) is 0. The molecule has 0 fully saturated rings. The van der Waals surface area contributed by atoms with Crippen molar-refractivity contribution in [2.45, 2.75) is 19.9 Å². The van der Waals surface area contributed by atoms with Crippen LogP contribution < -0.4 is 5.32 Å². The quantitative estimate of drug-likeness (QED) is 0.668. The predicted octanol–water partition coefficient (Wildman–Crippen LogP) is 0.787. The van der Waals surface area contributed by atoms with Gasteiger partial charge in [-0.1, -0.05) is 6.92 Å². The van der Waals surface area contributed by atoms with Crippen LogP contribution in [0.3, 0.4) is 0 Å². The van der Waals surface area contributed by atoms with Crippen LogP contribution in [0.25, 0.3) is 0 Å². The minimum Gasteiger partial charge on any atom is -0.395 e. The zero-order chi connectivity index (χ0) is 8.81. The van der Waals surface area contributed by atoms with Gasteiger partial charge in [0.15, 0.2) is 0 Å². The first-order valence-electron chi connectivity index (χ1n) is 4.12. The molecule has 0 spiro atoms. The number of thiazole rings is 1. The number of rotatable bonds is 5. The van der Waals surface area contributed by atoms with E-state index in [1.165, 1.54) is 9.88 Å². The van der Waals surface area contributed by atoms with Crippen molar-refractivity contribution in [3.63, 3.8) is 0 Å². The molecule has 12 heavy (non-hydrogen) atoms. The second kappa shape index (κ2) is 5.24. The van der Waals surface area contributed by atoms with Crippen LogP contribution in [-0.4, -0.2) is 23.2 Å². The number of aliphatic hydroxyl groups is 1. The molecular weight excluding hydrogens is 172 g/mol. The molecular formula is C8H14N2OS. The summed E-state index contributed by atoms with van der Waals surface area (Å²) in [6.07, 6.45) is 2.90. The van der Waals surface area contributed by atoms with Gasteiger partial charge in [0.05, 0.1) is 11.6 Å². The highest BCUT2D eigenvalue weighted by Gasteiger charge is 1.98. The number of aromatic nitrogens is 1. The third-order valence-corrected chi connectivity index (χ3v) is 2.63. The van der Waals surface area contributed by atoms with E-state index < -0.39 is 0 Å². The molecule has 3 nitrogen and oxygen atoms in total. The Labute approximate surface area is 76.5 Å². The second-order valence-corrected chi connectivity index (χ2v) is 3.67. The molecule has 68 valence electrons. The maximum atomic E-state index is 8.52. The minimum atomic E-state index is 0.194. The lowest BCUT2D eigenvalue weighted by molar-refractivity contribution is 0.292. The van der Waals surface area contributed by atoms with Crippen molar-refractivity contribution in [2.75, 3.05) is 13.2 Å². The van der Waals surface area contributed by atoms with E-state index in [4.69, 9.17) is 5.11 Å². The molecule has 1 heterocycles. The first kappa shape index (κ1) is 9.64. The van der Waals surface area contributed by atoms with Gasteiger partial charge in [0.25, 0.3) is 0 Å².